The smallest absolute Gasteiger partial charge is 0.274 e. The van der Waals surface area contributed by atoms with Gasteiger partial charge in [0.05, 0.1) is 12.9 Å². The fourth-order valence-electron chi connectivity index (χ4n) is 1.28. The van der Waals surface area contributed by atoms with E-state index in [0.717, 1.165) is 0 Å². The Morgan fingerprint density at radius 3 is 2.78 bits per heavy atom. The summed E-state index contributed by atoms with van der Waals surface area (Å²) in [4.78, 5) is 19.7. The SMILES string of the molecule is CC(C)c1nc(Cn2cnc(Cl)c(Cl)c2=O)no1. The molecule has 0 spiro atoms. The summed E-state index contributed by atoms with van der Waals surface area (Å²) in [5.41, 5.74) is -0.437. The second-order valence-electron chi connectivity index (χ2n) is 3.99. The van der Waals surface area contributed by atoms with E-state index in [1.807, 2.05) is 13.8 Å². The van der Waals surface area contributed by atoms with Crippen LogP contribution in [0.2, 0.25) is 10.2 Å². The molecule has 0 aliphatic rings. The van der Waals surface area contributed by atoms with Crippen molar-refractivity contribution in [3.8, 4) is 0 Å². The van der Waals surface area contributed by atoms with E-state index in [-0.39, 0.29) is 22.6 Å². The van der Waals surface area contributed by atoms with Crippen LogP contribution in [0.1, 0.15) is 31.5 Å². The maximum atomic E-state index is 11.8. The lowest BCUT2D eigenvalue weighted by Crippen LogP contribution is -2.22. The number of aromatic nitrogens is 4. The minimum atomic E-state index is -0.437. The molecule has 18 heavy (non-hydrogen) atoms. The first kappa shape index (κ1) is 13.0. The quantitative estimate of drug-likeness (QED) is 0.809. The lowest BCUT2D eigenvalue weighted by molar-refractivity contribution is 0.359. The number of rotatable bonds is 3. The van der Waals surface area contributed by atoms with E-state index in [2.05, 4.69) is 15.1 Å². The summed E-state index contributed by atoms with van der Waals surface area (Å²) in [6.45, 7) is 4.01. The van der Waals surface area contributed by atoms with Crippen molar-refractivity contribution in [2.24, 2.45) is 0 Å². The Morgan fingerprint density at radius 1 is 1.44 bits per heavy atom. The highest BCUT2D eigenvalue weighted by molar-refractivity contribution is 6.40. The van der Waals surface area contributed by atoms with Gasteiger partial charge in [-0.15, -0.1) is 0 Å². The first-order chi connectivity index (χ1) is 8.49. The molecule has 0 aliphatic carbocycles. The van der Waals surface area contributed by atoms with Crippen LogP contribution >= 0.6 is 23.2 Å². The molecule has 0 saturated carbocycles. The predicted molar refractivity (Wildman–Crippen MR) is 66.0 cm³/mol. The van der Waals surface area contributed by atoms with E-state index in [4.69, 9.17) is 27.7 Å². The van der Waals surface area contributed by atoms with Crippen LogP contribution in [0.15, 0.2) is 15.6 Å². The summed E-state index contributed by atoms with van der Waals surface area (Å²) >= 11 is 11.3. The summed E-state index contributed by atoms with van der Waals surface area (Å²) in [7, 11) is 0. The molecule has 96 valence electrons. The lowest BCUT2D eigenvalue weighted by atomic mass is 10.2. The van der Waals surface area contributed by atoms with Gasteiger partial charge in [-0.05, 0) is 0 Å². The van der Waals surface area contributed by atoms with Gasteiger partial charge in [-0.1, -0.05) is 42.2 Å². The summed E-state index contributed by atoms with van der Waals surface area (Å²) in [5.74, 6) is 1.04. The van der Waals surface area contributed by atoms with Gasteiger partial charge < -0.3 is 4.52 Å². The Kier molecular flexibility index (Phi) is 3.68. The van der Waals surface area contributed by atoms with Gasteiger partial charge in [-0.2, -0.15) is 4.98 Å². The molecule has 0 N–H and O–H groups in total. The van der Waals surface area contributed by atoms with Crippen LogP contribution < -0.4 is 5.56 Å². The third-order valence-corrected chi connectivity index (χ3v) is 2.95. The first-order valence-corrected chi connectivity index (χ1v) is 5.97. The second kappa shape index (κ2) is 5.07. The van der Waals surface area contributed by atoms with Crippen molar-refractivity contribution < 1.29 is 4.52 Å². The maximum Gasteiger partial charge on any atom is 0.274 e. The van der Waals surface area contributed by atoms with Crippen molar-refractivity contribution in [3.63, 3.8) is 0 Å². The zero-order chi connectivity index (χ0) is 13.3. The lowest BCUT2D eigenvalue weighted by Gasteiger charge is -2.02. The van der Waals surface area contributed by atoms with Crippen LogP contribution in [0.25, 0.3) is 0 Å². The molecule has 0 fully saturated rings. The minimum absolute atomic E-state index is 0.0195. The maximum absolute atomic E-state index is 11.8. The Balaban J connectivity index is 2.29. The Morgan fingerprint density at radius 2 is 2.17 bits per heavy atom. The highest BCUT2D eigenvalue weighted by Gasteiger charge is 2.13. The second-order valence-corrected chi connectivity index (χ2v) is 4.72. The largest absolute Gasteiger partial charge is 0.339 e. The van der Waals surface area contributed by atoms with E-state index in [1.54, 1.807) is 0 Å². The van der Waals surface area contributed by atoms with E-state index in [0.29, 0.717) is 11.7 Å². The van der Waals surface area contributed by atoms with Gasteiger partial charge in [0.2, 0.25) is 5.89 Å². The van der Waals surface area contributed by atoms with Crippen LogP contribution in [0.3, 0.4) is 0 Å². The molecule has 2 heterocycles. The molecular formula is C10H10Cl2N4O2. The highest BCUT2D eigenvalue weighted by atomic mass is 35.5. The Labute approximate surface area is 113 Å². The average Bonchev–Trinajstić information content (AvgIpc) is 2.79. The standard InChI is InChI=1S/C10H10Cl2N4O2/c1-5(2)9-14-6(15-18-9)3-16-4-13-8(12)7(11)10(16)17/h4-5H,3H2,1-2H3. The van der Waals surface area contributed by atoms with Gasteiger partial charge in [0.15, 0.2) is 11.0 Å². The molecule has 0 unspecified atom stereocenters. The van der Waals surface area contributed by atoms with Crippen LogP contribution in [0.5, 0.6) is 0 Å². The van der Waals surface area contributed by atoms with E-state index in [9.17, 15) is 4.79 Å². The third-order valence-electron chi connectivity index (χ3n) is 2.23. The molecule has 8 heteroatoms. The Bertz CT molecular complexity index is 621. The van der Waals surface area contributed by atoms with E-state index in [1.165, 1.54) is 10.9 Å². The van der Waals surface area contributed by atoms with Gasteiger partial charge in [-0.25, -0.2) is 4.98 Å². The van der Waals surface area contributed by atoms with E-state index >= 15 is 0 Å². The van der Waals surface area contributed by atoms with Crippen LogP contribution in [0.4, 0.5) is 0 Å². The molecule has 0 aliphatic heterocycles. The summed E-state index contributed by atoms with van der Waals surface area (Å²) in [5, 5.41) is 3.64. The molecule has 0 aromatic carbocycles. The molecule has 0 bridgehead atoms. The van der Waals surface area contributed by atoms with Gasteiger partial charge in [-0.3, -0.25) is 9.36 Å². The van der Waals surface area contributed by atoms with Crippen LogP contribution in [-0.4, -0.2) is 19.7 Å². The predicted octanol–water partition coefficient (Wildman–Crippen LogP) is 2.10. The molecule has 6 nitrogen and oxygen atoms in total. The summed E-state index contributed by atoms with van der Waals surface area (Å²) < 4.78 is 6.30. The number of hydrogen-bond acceptors (Lipinski definition) is 5. The average molecular weight is 289 g/mol. The van der Waals surface area contributed by atoms with Crippen LogP contribution in [0, 0.1) is 0 Å². The van der Waals surface area contributed by atoms with Crippen LogP contribution in [-0.2, 0) is 6.54 Å². The molecule has 0 atom stereocenters. The van der Waals surface area contributed by atoms with Gasteiger partial charge in [0, 0.05) is 5.92 Å². The molecule has 2 rings (SSSR count). The monoisotopic (exact) mass is 288 g/mol. The number of halogens is 2. The summed E-state index contributed by atoms with van der Waals surface area (Å²) in [6.07, 6.45) is 1.29. The Hall–Kier alpha value is -1.40. The third kappa shape index (κ3) is 2.54. The normalized spacial score (nSPS) is 11.2. The minimum Gasteiger partial charge on any atom is -0.339 e. The van der Waals surface area contributed by atoms with Gasteiger partial charge in [0.25, 0.3) is 5.56 Å². The first-order valence-electron chi connectivity index (χ1n) is 5.22. The topological polar surface area (TPSA) is 73.8 Å². The number of hydrogen-bond donors (Lipinski definition) is 0. The van der Waals surface area contributed by atoms with E-state index < -0.39 is 5.56 Å². The number of nitrogens with zero attached hydrogens (tertiary/aromatic N) is 4. The van der Waals surface area contributed by atoms with Crippen molar-refractivity contribution in [1.82, 2.24) is 19.7 Å². The molecule has 0 radical (unpaired) electrons. The molecule has 0 saturated heterocycles. The molecule has 2 aromatic rings. The zero-order valence-corrected chi connectivity index (χ0v) is 11.2. The van der Waals surface area contributed by atoms with Crippen molar-refractivity contribution >= 4 is 23.2 Å². The van der Waals surface area contributed by atoms with Gasteiger partial charge in [0.1, 0.15) is 5.02 Å². The summed E-state index contributed by atoms with van der Waals surface area (Å²) in [6, 6.07) is 0. The molecule has 2 aromatic heterocycles. The highest BCUT2D eigenvalue weighted by Crippen LogP contribution is 2.14. The zero-order valence-electron chi connectivity index (χ0n) is 9.72. The fraction of sp³-hybridized carbons (Fsp3) is 0.400. The van der Waals surface area contributed by atoms with Crippen molar-refractivity contribution in [3.05, 3.63) is 38.6 Å². The van der Waals surface area contributed by atoms with Gasteiger partial charge >= 0.3 is 0 Å². The van der Waals surface area contributed by atoms with Crippen molar-refractivity contribution in [2.75, 3.05) is 0 Å². The fourth-order valence-corrected chi connectivity index (χ4v) is 1.56. The van der Waals surface area contributed by atoms with Crippen molar-refractivity contribution in [1.29, 1.82) is 0 Å². The molecule has 0 amide bonds. The van der Waals surface area contributed by atoms with Crippen molar-refractivity contribution in [2.45, 2.75) is 26.3 Å². The molecular weight excluding hydrogens is 279 g/mol.